The summed E-state index contributed by atoms with van der Waals surface area (Å²) in [7, 11) is 0. The minimum Gasteiger partial charge on any atom is -0.353 e. The summed E-state index contributed by atoms with van der Waals surface area (Å²) >= 11 is 1.88. The highest BCUT2D eigenvalue weighted by molar-refractivity contribution is 7.19. The van der Waals surface area contributed by atoms with Crippen molar-refractivity contribution in [2.45, 2.75) is 64.3 Å². The second-order valence-corrected chi connectivity index (χ2v) is 11.9. The molecule has 1 saturated carbocycles. The molecule has 3 aromatic rings. The van der Waals surface area contributed by atoms with E-state index in [0.29, 0.717) is 5.92 Å². The van der Waals surface area contributed by atoms with Crippen LogP contribution in [0.25, 0.3) is 10.1 Å². The summed E-state index contributed by atoms with van der Waals surface area (Å²) in [5.74, 6) is 3.28. The van der Waals surface area contributed by atoms with Gasteiger partial charge < -0.3 is 15.1 Å². The van der Waals surface area contributed by atoms with Crippen molar-refractivity contribution in [1.29, 1.82) is 0 Å². The fraction of sp³-hybridized carbons (Fsp3) is 0.607. The Balaban J connectivity index is 1.08. The molecule has 3 aliphatic rings. The van der Waals surface area contributed by atoms with Crippen LogP contribution in [0.3, 0.4) is 0 Å². The molecule has 0 aromatic carbocycles. The van der Waals surface area contributed by atoms with Crippen LogP contribution >= 0.6 is 11.3 Å². The van der Waals surface area contributed by atoms with Crippen LogP contribution in [0.2, 0.25) is 0 Å². The van der Waals surface area contributed by atoms with Gasteiger partial charge in [0.15, 0.2) is 0 Å². The third-order valence-corrected chi connectivity index (χ3v) is 9.69. The Kier molecular flexibility index (Phi) is 7.09. The standard InChI is InChI=1S/C28H39N7S/c1-3-33-10-8-22(9-11-33)34-12-14-35(15-13-34)27-19-30-26(18-31-27)32-25-16-23-24(17-29-25)36-20(2)28(23)21-6-4-5-7-21/h16-19,21-22H,3-15H2,1-2H3,(H,29,30,32). The molecule has 36 heavy (non-hydrogen) atoms. The zero-order chi connectivity index (χ0) is 24.5. The number of anilines is 3. The SMILES string of the molecule is CCN1CCC(N2CCN(c3cnc(Nc4cc5c(C6CCCC6)c(C)sc5cn4)cn3)CC2)CC1. The lowest BCUT2D eigenvalue weighted by Gasteiger charge is -2.42. The van der Waals surface area contributed by atoms with Gasteiger partial charge in [-0.25, -0.2) is 15.0 Å². The summed E-state index contributed by atoms with van der Waals surface area (Å²) in [5.41, 5.74) is 1.55. The lowest BCUT2D eigenvalue weighted by Crippen LogP contribution is -2.53. The van der Waals surface area contributed by atoms with Gasteiger partial charge >= 0.3 is 0 Å². The van der Waals surface area contributed by atoms with Gasteiger partial charge in [-0.15, -0.1) is 11.3 Å². The summed E-state index contributed by atoms with van der Waals surface area (Å²) in [5, 5.41) is 4.77. The van der Waals surface area contributed by atoms with E-state index in [1.54, 1.807) is 5.56 Å². The number of hydrogen-bond donors (Lipinski definition) is 1. The van der Waals surface area contributed by atoms with Gasteiger partial charge in [-0.05, 0) is 69.8 Å². The largest absolute Gasteiger partial charge is 0.353 e. The summed E-state index contributed by atoms with van der Waals surface area (Å²) < 4.78 is 1.29. The Bertz CT molecular complexity index is 1150. The quantitative estimate of drug-likeness (QED) is 0.481. The van der Waals surface area contributed by atoms with Crippen LogP contribution in [0, 0.1) is 6.92 Å². The third kappa shape index (κ3) is 4.95. The van der Waals surface area contributed by atoms with Gasteiger partial charge in [0.2, 0.25) is 0 Å². The second kappa shape index (κ2) is 10.6. The highest BCUT2D eigenvalue weighted by Crippen LogP contribution is 2.43. The fourth-order valence-electron chi connectivity index (χ4n) is 6.53. The van der Waals surface area contributed by atoms with E-state index >= 15 is 0 Å². The lowest BCUT2D eigenvalue weighted by molar-refractivity contribution is 0.106. The van der Waals surface area contributed by atoms with Crippen LogP contribution in [-0.4, -0.2) is 76.6 Å². The van der Waals surface area contributed by atoms with E-state index in [1.165, 1.54) is 73.1 Å². The predicted octanol–water partition coefficient (Wildman–Crippen LogP) is 5.40. The van der Waals surface area contributed by atoms with Crippen molar-refractivity contribution >= 4 is 38.9 Å². The molecule has 3 aromatic heterocycles. The molecule has 2 saturated heterocycles. The number of aryl methyl sites for hydroxylation is 1. The highest BCUT2D eigenvalue weighted by Gasteiger charge is 2.27. The number of rotatable bonds is 6. The highest BCUT2D eigenvalue weighted by atomic mass is 32.1. The third-order valence-electron chi connectivity index (χ3n) is 8.62. The molecule has 192 valence electrons. The Hall–Kier alpha value is -2.29. The van der Waals surface area contributed by atoms with Crippen LogP contribution < -0.4 is 10.2 Å². The first-order chi connectivity index (χ1) is 17.7. The molecule has 0 radical (unpaired) electrons. The second-order valence-electron chi connectivity index (χ2n) is 10.7. The number of thiophene rings is 1. The monoisotopic (exact) mass is 505 g/mol. The van der Waals surface area contributed by atoms with Crippen molar-refractivity contribution in [3.05, 3.63) is 35.1 Å². The zero-order valence-corrected chi connectivity index (χ0v) is 22.6. The van der Waals surface area contributed by atoms with Crippen LogP contribution in [0.5, 0.6) is 0 Å². The lowest BCUT2D eigenvalue weighted by atomic mass is 9.95. The number of fused-ring (bicyclic) bond motifs is 1. The maximum Gasteiger partial charge on any atom is 0.150 e. The molecule has 1 N–H and O–H groups in total. The van der Waals surface area contributed by atoms with Gasteiger partial charge in [0, 0.05) is 48.7 Å². The first-order valence-corrected chi connectivity index (χ1v) is 14.7. The molecule has 0 spiro atoms. The van der Waals surface area contributed by atoms with E-state index in [4.69, 9.17) is 4.98 Å². The van der Waals surface area contributed by atoms with Crippen LogP contribution in [0.1, 0.15) is 61.8 Å². The first kappa shape index (κ1) is 24.1. The van der Waals surface area contributed by atoms with Gasteiger partial charge in [0.05, 0.1) is 17.1 Å². The van der Waals surface area contributed by atoms with E-state index in [2.05, 4.69) is 49.9 Å². The molecule has 0 unspecified atom stereocenters. The molecule has 6 rings (SSSR count). The maximum absolute atomic E-state index is 4.75. The van der Waals surface area contributed by atoms with Gasteiger partial charge in [0.25, 0.3) is 0 Å². The molecule has 3 fully saturated rings. The summed E-state index contributed by atoms with van der Waals surface area (Å²) in [6.45, 7) is 12.5. The normalized spacial score (nSPS) is 21.0. The molecule has 5 heterocycles. The Morgan fingerprint density at radius 1 is 0.889 bits per heavy atom. The Morgan fingerprint density at radius 3 is 2.33 bits per heavy atom. The van der Waals surface area contributed by atoms with Crippen molar-refractivity contribution in [2.75, 3.05) is 56.0 Å². The molecule has 0 amide bonds. The minimum atomic E-state index is 0.706. The number of aromatic nitrogens is 3. The molecule has 2 aliphatic heterocycles. The van der Waals surface area contributed by atoms with Crippen LogP contribution in [0.15, 0.2) is 24.7 Å². The first-order valence-electron chi connectivity index (χ1n) is 13.9. The van der Waals surface area contributed by atoms with Crippen LogP contribution in [0.4, 0.5) is 17.5 Å². The maximum atomic E-state index is 4.75. The number of nitrogens with one attached hydrogen (secondary N) is 1. The molecule has 8 heteroatoms. The molecule has 7 nitrogen and oxygen atoms in total. The minimum absolute atomic E-state index is 0.706. The van der Waals surface area contributed by atoms with E-state index in [0.717, 1.165) is 49.7 Å². The summed E-state index contributed by atoms with van der Waals surface area (Å²) in [6.07, 6.45) is 13.7. The molecule has 1 aliphatic carbocycles. The molecular weight excluding hydrogens is 466 g/mol. The molecule has 0 bridgehead atoms. The Labute approximate surface area is 218 Å². The molecule has 0 atom stereocenters. The summed E-state index contributed by atoms with van der Waals surface area (Å²) in [4.78, 5) is 23.2. The van der Waals surface area contributed by atoms with Crippen molar-refractivity contribution in [3.8, 4) is 0 Å². The van der Waals surface area contributed by atoms with E-state index < -0.39 is 0 Å². The van der Waals surface area contributed by atoms with Gasteiger partial charge in [-0.3, -0.25) is 4.90 Å². The average molecular weight is 506 g/mol. The van der Waals surface area contributed by atoms with Gasteiger partial charge in [0.1, 0.15) is 17.5 Å². The van der Waals surface area contributed by atoms with Crippen molar-refractivity contribution in [1.82, 2.24) is 24.8 Å². The predicted molar refractivity (Wildman–Crippen MR) is 150 cm³/mol. The Morgan fingerprint density at radius 2 is 1.64 bits per heavy atom. The number of nitrogens with zero attached hydrogens (tertiary/aromatic N) is 6. The van der Waals surface area contributed by atoms with Crippen molar-refractivity contribution in [2.24, 2.45) is 0 Å². The van der Waals surface area contributed by atoms with Crippen molar-refractivity contribution in [3.63, 3.8) is 0 Å². The topological polar surface area (TPSA) is 60.4 Å². The molecular formula is C28H39N7S. The van der Waals surface area contributed by atoms with Gasteiger partial charge in [-0.1, -0.05) is 19.8 Å². The van der Waals surface area contributed by atoms with Crippen molar-refractivity contribution < 1.29 is 0 Å². The summed E-state index contributed by atoms with van der Waals surface area (Å²) in [6, 6.07) is 2.96. The number of piperidine rings is 1. The van der Waals surface area contributed by atoms with Gasteiger partial charge in [-0.2, -0.15) is 0 Å². The smallest absolute Gasteiger partial charge is 0.150 e. The van der Waals surface area contributed by atoms with Crippen LogP contribution in [-0.2, 0) is 0 Å². The van der Waals surface area contributed by atoms with E-state index in [-0.39, 0.29) is 0 Å². The zero-order valence-electron chi connectivity index (χ0n) is 21.7. The average Bonchev–Trinajstić information content (AvgIpc) is 3.56. The number of piperazine rings is 1. The van der Waals surface area contributed by atoms with E-state index in [1.807, 2.05) is 29.9 Å². The van der Waals surface area contributed by atoms with E-state index in [9.17, 15) is 0 Å². The number of pyridine rings is 1. The number of likely N-dealkylation sites (tertiary alicyclic amines) is 1. The fourth-order valence-corrected chi connectivity index (χ4v) is 7.63. The number of hydrogen-bond acceptors (Lipinski definition) is 8.